The molecule has 0 aromatic heterocycles. The van der Waals surface area contributed by atoms with Crippen LogP contribution in [0.25, 0.3) is 0 Å². The minimum absolute atomic E-state index is 0. The first kappa shape index (κ1) is 36.8. The molecule has 0 aliphatic rings. The van der Waals surface area contributed by atoms with Crippen LogP contribution in [0.3, 0.4) is 0 Å². The number of rotatable bonds is 7. The number of hydrogen-bond acceptors (Lipinski definition) is 0. The van der Waals surface area contributed by atoms with E-state index in [1.54, 1.807) is 17.4 Å². The van der Waals surface area contributed by atoms with Crippen LogP contribution in [-0.2, 0) is 39.7 Å². The molecule has 188 valence electrons. The summed E-state index contributed by atoms with van der Waals surface area (Å²) < 4.78 is 36.5. The predicted molar refractivity (Wildman–Crippen MR) is 147 cm³/mol. The van der Waals surface area contributed by atoms with Crippen LogP contribution in [0.2, 0.25) is 10.4 Å². The average molecular weight is 786 g/mol. The van der Waals surface area contributed by atoms with Gasteiger partial charge in [0.15, 0.2) is 0 Å². The van der Waals surface area contributed by atoms with Crippen LogP contribution in [-0.4, -0.2) is 29.3 Å². The molecular weight excluding hydrogens is 758 g/mol. The van der Waals surface area contributed by atoms with Crippen molar-refractivity contribution >= 4 is 46.7 Å². The Labute approximate surface area is 243 Å². The molecule has 0 unspecified atom stereocenters. The van der Waals surface area contributed by atoms with Gasteiger partial charge < -0.3 is 0 Å². The summed E-state index contributed by atoms with van der Waals surface area (Å²) in [5.41, 5.74) is 0. The fourth-order valence-electron chi connectivity index (χ4n) is 4.13. The van der Waals surface area contributed by atoms with E-state index in [1.165, 1.54) is 10.4 Å². The molecule has 0 aliphatic carbocycles. The van der Waals surface area contributed by atoms with Crippen molar-refractivity contribution in [3.05, 3.63) is 148 Å². The predicted octanol–water partition coefficient (Wildman–Crippen LogP) is 2.38. The van der Waals surface area contributed by atoms with Gasteiger partial charge in [0.25, 0.3) is 0 Å². The van der Waals surface area contributed by atoms with Gasteiger partial charge in [0, 0.05) is 21.1 Å². The van der Waals surface area contributed by atoms with E-state index < -0.39 is 29.3 Å². The summed E-state index contributed by atoms with van der Waals surface area (Å²) in [5.74, 6) is 0. The first-order valence-electron chi connectivity index (χ1n) is 10.9. The first-order valence-corrected chi connectivity index (χ1v) is 19.2. The summed E-state index contributed by atoms with van der Waals surface area (Å²) >= 11 is -3.58. The Kier molecular flexibility index (Phi) is 25.2. The van der Waals surface area contributed by atoms with E-state index >= 15 is 0 Å². The van der Waals surface area contributed by atoms with Crippen LogP contribution in [0.1, 0.15) is 0 Å². The Balaban J connectivity index is 0. The van der Waals surface area contributed by atoms with Gasteiger partial charge in [-0.2, -0.15) is 0 Å². The van der Waals surface area contributed by atoms with E-state index in [9.17, 15) is 0 Å². The second-order valence-corrected chi connectivity index (χ2v) is 20.0. The molecule has 0 saturated heterocycles. The maximum absolute atomic E-state index is 7.50. The fourth-order valence-corrected chi connectivity index (χ4v) is 23.0. The topological polar surface area (TPSA) is 79.6 Å². The molecule has 0 N–H and O–H groups in total. The average Bonchev–Trinajstić information content (AvgIpc) is 3.01. The van der Waals surface area contributed by atoms with Crippen molar-refractivity contribution in [2.45, 2.75) is 10.4 Å². The molecule has 0 saturated carbocycles. The number of hydrogen-bond donors (Lipinski definition) is 0. The molecule has 0 amide bonds. The summed E-state index contributed by atoms with van der Waals surface area (Å²) in [4.78, 5) is 0. The second kappa shape index (κ2) is 25.3. The maximum atomic E-state index is 7.50. The third kappa shape index (κ3) is 13.1. The SMILES string of the molecule is [C-]#[O+].[C-]#[O+].[C-]#[O+].[C-]#[O+].[W].c1ccc([AsH2](CC[AsH2](c2ccccc2)c2ccccc2)c2ccccc2)cc1. The van der Waals surface area contributed by atoms with Crippen molar-refractivity contribution in [3.63, 3.8) is 0 Å². The minimum atomic E-state index is -1.79. The fraction of sp³-hybridized carbons (Fsp3) is 0.0667. The molecule has 0 atom stereocenters. The third-order valence-electron chi connectivity index (χ3n) is 5.55. The zero-order chi connectivity index (χ0) is 27.0. The van der Waals surface area contributed by atoms with Gasteiger partial charge in [0.1, 0.15) is 0 Å². The van der Waals surface area contributed by atoms with Crippen molar-refractivity contribution in [1.29, 1.82) is 0 Å². The molecular formula is C30H28As2O4W. The Bertz CT molecular complexity index is 964. The van der Waals surface area contributed by atoms with E-state index in [0.29, 0.717) is 0 Å². The number of benzene rings is 4. The Morgan fingerprint density at radius 3 is 0.676 bits per heavy atom. The summed E-state index contributed by atoms with van der Waals surface area (Å²) in [6.45, 7) is 18.0. The Morgan fingerprint density at radius 1 is 0.351 bits per heavy atom. The molecule has 37 heavy (non-hydrogen) atoms. The van der Waals surface area contributed by atoms with E-state index in [0.717, 1.165) is 0 Å². The molecule has 0 bridgehead atoms. The van der Waals surface area contributed by atoms with Crippen molar-refractivity contribution in [2.24, 2.45) is 0 Å². The van der Waals surface area contributed by atoms with Crippen LogP contribution in [0.4, 0.5) is 0 Å². The van der Waals surface area contributed by atoms with E-state index in [1.807, 2.05) is 0 Å². The van der Waals surface area contributed by atoms with E-state index in [2.05, 4.69) is 148 Å². The molecule has 0 heterocycles. The van der Waals surface area contributed by atoms with Crippen LogP contribution < -0.4 is 17.4 Å². The summed E-state index contributed by atoms with van der Waals surface area (Å²) in [6.07, 6.45) is 0. The van der Waals surface area contributed by atoms with Crippen molar-refractivity contribution in [3.8, 4) is 0 Å². The molecule has 4 rings (SSSR count). The van der Waals surface area contributed by atoms with Crippen LogP contribution in [0, 0.1) is 26.6 Å². The first-order chi connectivity index (χ1) is 17.9. The van der Waals surface area contributed by atoms with Crippen LogP contribution in [0.15, 0.2) is 121 Å². The van der Waals surface area contributed by atoms with Crippen molar-refractivity contribution in [1.82, 2.24) is 0 Å². The monoisotopic (exact) mass is 786 g/mol. The molecule has 0 radical (unpaired) electrons. The quantitative estimate of drug-likeness (QED) is 0.157. The second-order valence-electron chi connectivity index (χ2n) is 7.33. The van der Waals surface area contributed by atoms with Gasteiger partial charge in [-0.05, 0) is 0 Å². The molecule has 4 aromatic rings. The Morgan fingerprint density at radius 2 is 0.514 bits per heavy atom. The molecule has 4 nitrogen and oxygen atoms in total. The van der Waals surface area contributed by atoms with Crippen molar-refractivity contribution in [2.75, 3.05) is 0 Å². The molecule has 4 aromatic carbocycles. The molecule has 7 heteroatoms. The van der Waals surface area contributed by atoms with Gasteiger partial charge in [-0.1, -0.05) is 0 Å². The summed E-state index contributed by atoms with van der Waals surface area (Å²) in [7, 11) is 0. The van der Waals surface area contributed by atoms with Crippen molar-refractivity contribution < 1.29 is 39.7 Å². The summed E-state index contributed by atoms with van der Waals surface area (Å²) in [6, 6.07) is 45.2. The zero-order valence-corrected chi connectivity index (χ0v) is 27.9. The van der Waals surface area contributed by atoms with Gasteiger partial charge in [-0.3, -0.25) is 0 Å². The zero-order valence-electron chi connectivity index (χ0n) is 20.2. The van der Waals surface area contributed by atoms with Crippen LogP contribution in [0.5, 0.6) is 0 Å². The van der Waals surface area contributed by atoms with Crippen LogP contribution >= 0.6 is 0 Å². The van der Waals surface area contributed by atoms with Gasteiger partial charge in [0.05, 0.1) is 0 Å². The molecule has 0 spiro atoms. The summed E-state index contributed by atoms with van der Waals surface area (Å²) in [5, 5.41) is 2.77. The molecule has 0 aliphatic heterocycles. The van der Waals surface area contributed by atoms with Gasteiger partial charge in [-0.15, -0.1) is 0 Å². The van der Waals surface area contributed by atoms with E-state index in [-0.39, 0.29) is 21.1 Å². The standard InChI is InChI=1S/C26H28As2.4CO.W/c1-5-13-23(14-6-1)27(24-15-7-2-8-16-24)21-22-28(25-17-9-3-10-18-25)26-19-11-4-12-20-26;4*1-2;/h1-20H,21-22,27-28H2;;;;;. The third-order valence-corrected chi connectivity index (χ3v) is 22.3. The van der Waals surface area contributed by atoms with Gasteiger partial charge in [0.2, 0.25) is 0 Å². The van der Waals surface area contributed by atoms with Gasteiger partial charge >= 0.3 is 224 Å². The normalized spacial score (nSPS) is 9.08. The van der Waals surface area contributed by atoms with Gasteiger partial charge in [-0.25, -0.2) is 0 Å². The Hall–Kier alpha value is -2.35. The van der Waals surface area contributed by atoms with E-state index in [4.69, 9.17) is 18.6 Å². The molecule has 0 fully saturated rings.